The molecule has 0 radical (unpaired) electrons. The Bertz CT molecular complexity index is 992. The fourth-order valence-corrected chi connectivity index (χ4v) is 2.76. The van der Waals surface area contributed by atoms with Crippen molar-refractivity contribution in [1.29, 1.82) is 0 Å². The lowest BCUT2D eigenvalue weighted by Crippen LogP contribution is -2.02. The van der Waals surface area contributed by atoms with Crippen molar-refractivity contribution in [3.8, 4) is 0 Å². The smallest absolute Gasteiger partial charge is 0.248 e. The molecule has 0 aliphatic rings. The lowest BCUT2D eigenvalue weighted by Gasteiger charge is -1.98. The van der Waals surface area contributed by atoms with Crippen molar-refractivity contribution in [3.63, 3.8) is 0 Å². The summed E-state index contributed by atoms with van der Waals surface area (Å²) in [5, 5.41) is 3.38. The largest absolute Gasteiger partial charge is 0.353 e. The highest BCUT2D eigenvalue weighted by molar-refractivity contribution is 6.16. The van der Waals surface area contributed by atoms with Gasteiger partial charge in [-0.25, -0.2) is 0 Å². The van der Waals surface area contributed by atoms with Gasteiger partial charge in [0.05, 0.1) is 11.0 Å². The molecule has 2 aromatic carbocycles. The molecular formula is C16H12N2O. The third-order valence-corrected chi connectivity index (χ3v) is 3.71. The lowest BCUT2D eigenvalue weighted by molar-refractivity contribution is 1.31. The minimum Gasteiger partial charge on any atom is -0.353 e. The van der Waals surface area contributed by atoms with Crippen LogP contribution in [-0.2, 0) is 0 Å². The van der Waals surface area contributed by atoms with E-state index in [0.717, 1.165) is 27.3 Å². The predicted molar refractivity (Wildman–Crippen MR) is 78.7 cm³/mol. The highest BCUT2D eigenvalue weighted by Gasteiger charge is 2.09. The molecule has 0 unspecified atom stereocenters. The normalized spacial score (nSPS) is 11.6. The van der Waals surface area contributed by atoms with E-state index in [9.17, 15) is 4.79 Å². The van der Waals surface area contributed by atoms with Crippen molar-refractivity contribution in [2.45, 2.75) is 6.92 Å². The predicted octanol–water partition coefficient (Wildman–Crippen LogP) is 3.47. The minimum absolute atomic E-state index is 0.0737. The average molecular weight is 248 g/mol. The summed E-state index contributed by atoms with van der Waals surface area (Å²) in [5.41, 5.74) is 4.14. The van der Waals surface area contributed by atoms with Crippen molar-refractivity contribution in [2.24, 2.45) is 0 Å². The number of aryl methyl sites for hydroxylation is 1. The first-order valence-electron chi connectivity index (χ1n) is 6.27. The number of pyridine rings is 1. The number of rotatable bonds is 0. The highest BCUT2D eigenvalue weighted by atomic mass is 16.1. The van der Waals surface area contributed by atoms with Crippen LogP contribution in [0.5, 0.6) is 0 Å². The molecule has 0 amide bonds. The molecule has 92 valence electrons. The minimum atomic E-state index is -0.0737. The maximum Gasteiger partial charge on any atom is 0.248 e. The van der Waals surface area contributed by atoms with Crippen LogP contribution in [0.2, 0.25) is 0 Å². The van der Waals surface area contributed by atoms with Gasteiger partial charge in [-0.15, -0.1) is 0 Å². The van der Waals surface area contributed by atoms with Gasteiger partial charge >= 0.3 is 0 Å². The summed E-state index contributed by atoms with van der Waals surface area (Å²) in [6, 6.07) is 13.8. The highest BCUT2D eigenvalue weighted by Crippen LogP contribution is 2.30. The number of benzene rings is 2. The summed E-state index contributed by atoms with van der Waals surface area (Å²) in [5.74, 6) is 0. The van der Waals surface area contributed by atoms with E-state index in [2.05, 4.69) is 41.2 Å². The number of fused-ring (bicyclic) bond motifs is 5. The number of hydrogen-bond donors (Lipinski definition) is 2. The van der Waals surface area contributed by atoms with Crippen LogP contribution in [0.15, 0.2) is 47.3 Å². The average Bonchev–Trinajstić information content (AvgIpc) is 2.79. The molecule has 0 fully saturated rings. The van der Waals surface area contributed by atoms with E-state index in [1.54, 1.807) is 6.07 Å². The number of aromatic amines is 2. The Morgan fingerprint density at radius 2 is 1.58 bits per heavy atom. The summed E-state index contributed by atoms with van der Waals surface area (Å²) < 4.78 is 0. The Kier molecular flexibility index (Phi) is 1.90. The van der Waals surface area contributed by atoms with E-state index in [4.69, 9.17) is 0 Å². The molecule has 0 aliphatic carbocycles. The van der Waals surface area contributed by atoms with Crippen LogP contribution < -0.4 is 5.56 Å². The van der Waals surface area contributed by atoms with Crippen LogP contribution in [0.1, 0.15) is 5.56 Å². The van der Waals surface area contributed by atoms with Crippen molar-refractivity contribution >= 4 is 32.7 Å². The van der Waals surface area contributed by atoms with Gasteiger partial charge in [0, 0.05) is 27.7 Å². The Hall–Kier alpha value is -2.55. The lowest BCUT2D eigenvalue weighted by atomic mass is 10.1. The molecule has 0 bridgehead atoms. The zero-order valence-electron chi connectivity index (χ0n) is 10.4. The topological polar surface area (TPSA) is 48.6 Å². The molecule has 3 nitrogen and oxygen atoms in total. The van der Waals surface area contributed by atoms with Crippen LogP contribution in [0.3, 0.4) is 0 Å². The second-order valence-electron chi connectivity index (χ2n) is 4.90. The van der Waals surface area contributed by atoms with Crippen LogP contribution in [0.4, 0.5) is 0 Å². The molecule has 3 heteroatoms. The van der Waals surface area contributed by atoms with Gasteiger partial charge in [0.25, 0.3) is 0 Å². The maximum absolute atomic E-state index is 11.5. The molecule has 2 N–H and O–H groups in total. The maximum atomic E-state index is 11.5. The first-order chi connectivity index (χ1) is 9.24. The van der Waals surface area contributed by atoms with E-state index >= 15 is 0 Å². The molecule has 19 heavy (non-hydrogen) atoms. The third kappa shape index (κ3) is 1.35. The summed E-state index contributed by atoms with van der Waals surface area (Å²) >= 11 is 0. The van der Waals surface area contributed by atoms with Crippen LogP contribution in [0.25, 0.3) is 32.7 Å². The van der Waals surface area contributed by atoms with Crippen molar-refractivity contribution < 1.29 is 0 Å². The van der Waals surface area contributed by atoms with Crippen molar-refractivity contribution in [1.82, 2.24) is 9.97 Å². The molecule has 2 aromatic heterocycles. The fraction of sp³-hybridized carbons (Fsp3) is 0.0625. The summed E-state index contributed by atoms with van der Waals surface area (Å²) in [6.07, 6.45) is 0. The second kappa shape index (κ2) is 3.48. The van der Waals surface area contributed by atoms with Gasteiger partial charge in [-0.1, -0.05) is 30.3 Å². The Morgan fingerprint density at radius 1 is 0.789 bits per heavy atom. The van der Waals surface area contributed by atoms with Crippen LogP contribution in [0, 0.1) is 6.92 Å². The number of aromatic nitrogens is 2. The monoisotopic (exact) mass is 248 g/mol. The molecule has 2 heterocycles. The summed E-state index contributed by atoms with van der Waals surface area (Å²) in [6.45, 7) is 2.09. The quantitative estimate of drug-likeness (QED) is 0.492. The third-order valence-electron chi connectivity index (χ3n) is 3.71. The van der Waals surface area contributed by atoms with Gasteiger partial charge in [0.15, 0.2) is 0 Å². The molecule has 0 saturated carbocycles. The molecular weight excluding hydrogens is 236 g/mol. The number of nitrogens with one attached hydrogen (secondary N) is 2. The van der Waals surface area contributed by atoms with E-state index < -0.39 is 0 Å². The first kappa shape index (κ1) is 10.4. The van der Waals surface area contributed by atoms with E-state index in [1.807, 2.05) is 12.1 Å². The molecule has 0 saturated heterocycles. The Balaban J connectivity index is 2.34. The number of H-pyrrole nitrogens is 2. The molecule has 0 spiro atoms. The van der Waals surface area contributed by atoms with Gasteiger partial charge in [-0.2, -0.15) is 0 Å². The number of para-hydroxylation sites is 1. The molecule has 4 aromatic rings. The van der Waals surface area contributed by atoms with Crippen molar-refractivity contribution in [3.05, 3.63) is 58.4 Å². The van der Waals surface area contributed by atoms with Gasteiger partial charge in [0.2, 0.25) is 5.56 Å². The molecule has 4 rings (SSSR count). The van der Waals surface area contributed by atoms with Gasteiger partial charge in [-0.3, -0.25) is 4.79 Å². The summed E-state index contributed by atoms with van der Waals surface area (Å²) in [7, 11) is 0. The second-order valence-corrected chi connectivity index (χ2v) is 4.90. The van der Waals surface area contributed by atoms with Crippen LogP contribution >= 0.6 is 0 Å². The Labute approximate surface area is 108 Å². The van der Waals surface area contributed by atoms with E-state index in [-0.39, 0.29) is 5.56 Å². The van der Waals surface area contributed by atoms with Crippen molar-refractivity contribution in [2.75, 3.05) is 0 Å². The molecule has 0 aliphatic heterocycles. The standard InChI is InChI=1S/C16H12N2O/c1-9-3-2-4-11-12-7-5-10-6-8-13(19)17-15(10)16(12)18-14(9)11/h2-8,18H,1H3,(H,17,19). The zero-order valence-corrected chi connectivity index (χ0v) is 10.4. The van der Waals surface area contributed by atoms with Gasteiger partial charge in [-0.05, 0) is 18.6 Å². The van der Waals surface area contributed by atoms with E-state index in [0.29, 0.717) is 0 Å². The number of hydrogen-bond acceptors (Lipinski definition) is 1. The zero-order chi connectivity index (χ0) is 13.0. The SMILES string of the molecule is Cc1cccc2c1[nH]c1c2ccc2ccc(=O)[nH]c21. The Morgan fingerprint density at radius 3 is 2.47 bits per heavy atom. The van der Waals surface area contributed by atoms with Gasteiger partial charge in [0.1, 0.15) is 0 Å². The van der Waals surface area contributed by atoms with Crippen LogP contribution in [-0.4, -0.2) is 9.97 Å². The summed E-state index contributed by atoms with van der Waals surface area (Å²) in [4.78, 5) is 17.9. The van der Waals surface area contributed by atoms with E-state index in [1.165, 1.54) is 10.9 Å². The van der Waals surface area contributed by atoms with Gasteiger partial charge < -0.3 is 9.97 Å². The fourth-order valence-electron chi connectivity index (χ4n) is 2.76. The first-order valence-corrected chi connectivity index (χ1v) is 6.27. The molecule has 0 atom stereocenters.